The number of nitrogens with zero attached hydrogens (tertiary/aromatic N) is 1. The fourth-order valence-electron chi connectivity index (χ4n) is 2.52. The third kappa shape index (κ3) is 3.82. The van der Waals surface area contributed by atoms with Crippen LogP contribution in [-0.2, 0) is 20.4 Å². The Morgan fingerprint density at radius 2 is 2.00 bits per heavy atom. The Bertz CT molecular complexity index is 566. The molecule has 1 heterocycles. The summed E-state index contributed by atoms with van der Waals surface area (Å²) in [4.78, 5) is 11.8. The van der Waals surface area contributed by atoms with E-state index in [0.717, 1.165) is 25.7 Å². The lowest BCUT2D eigenvalue weighted by atomic mass is 10.2. The maximum atomic E-state index is 12.1. The number of hydrogen-bond acceptors (Lipinski definition) is 5. The molecule has 0 saturated heterocycles. The average Bonchev–Trinajstić information content (AvgIpc) is 2.93. The van der Waals surface area contributed by atoms with E-state index in [4.69, 9.17) is 4.52 Å². The van der Waals surface area contributed by atoms with Crippen molar-refractivity contribution in [1.29, 1.82) is 0 Å². The minimum atomic E-state index is -3.50. The lowest BCUT2D eigenvalue weighted by Crippen LogP contribution is -2.37. The van der Waals surface area contributed by atoms with E-state index in [-0.39, 0.29) is 11.8 Å². The van der Waals surface area contributed by atoms with Crippen LogP contribution < -0.4 is 5.32 Å². The van der Waals surface area contributed by atoms with Gasteiger partial charge in [0.2, 0.25) is 5.91 Å². The zero-order chi connectivity index (χ0) is 14.8. The van der Waals surface area contributed by atoms with Crippen LogP contribution in [0.1, 0.15) is 42.7 Å². The van der Waals surface area contributed by atoms with Gasteiger partial charge in [0.15, 0.2) is 9.84 Å². The third-order valence-electron chi connectivity index (χ3n) is 3.62. The number of amides is 1. The molecule has 1 aromatic heterocycles. The number of aromatic nitrogens is 1. The van der Waals surface area contributed by atoms with Gasteiger partial charge < -0.3 is 9.84 Å². The molecule has 1 aliphatic rings. The molecule has 0 spiro atoms. The summed E-state index contributed by atoms with van der Waals surface area (Å²) in [5.41, 5.74) is 1.11. The number of carbonyl (C=O) groups is 1. The average molecular weight is 300 g/mol. The highest BCUT2D eigenvalue weighted by atomic mass is 32.2. The molecule has 2 rings (SSSR count). The molecule has 1 aromatic rings. The monoisotopic (exact) mass is 300 g/mol. The summed E-state index contributed by atoms with van der Waals surface area (Å²) in [5, 5.41) is 6.51. The van der Waals surface area contributed by atoms with Gasteiger partial charge in [-0.15, -0.1) is 0 Å². The van der Waals surface area contributed by atoms with Crippen molar-refractivity contribution in [3.63, 3.8) is 0 Å². The van der Waals surface area contributed by atoms with Gasteiger partial charge in [0.25, 0.3) is 0 Å². The predicted octanol–water partition coefficient (Wildman–Crippen LogP) is 1.27. The number of hydrogen-bond donors (Lipinski definition) is 1. The molecule has 7 heteroatoms. The number of sulfone groups is 1. The molecule has 0 aromatic carbocycles. The Kier molecular flexibility index (Phi) is 4.47. The van der Waals surface area contributed by atoms with Crippen LogP contribution in [0.25, 0.3) is 0 Å². The van der Waals surface area contributed by atoms with Crippen LogP contribution in [0, 0.1) is 13.8 Å². The minimum Gasteiger partial charge on any atom is -0.361 e. The topological polar surface area (TPSA) is 89.3 Å². The number of nitrogens with one attached hydrogen (secondary N) is 1. The van der Waals surface area contributed by atoms with E-state index >= 15 is 0 Å². The van der Waals surface area contributed by atoms with E-state index in [0.29, 0.717) is 17.0 Å². The van der Waals surface area contributed by atoms with Gasteiger partial charge in [-0.2, -0.15) is 0 Å². The summed E-state index contributed by atoms with van der Waals surface area (Å²) >= 11 is 0. The van der Waals surface area contributed by atoms with Gasteiger partial charge in [-0.1, -0.05) is 18.0 Å². The molecular formula is C13H20N2O4S. The summed E-state index contributed by atoms with van der Waals surface area (Å²) in [6, 6.07) is 0.136. The Hall–Kier alpha value is -1.37. The molecule has 0 radical (unpaired) electrons. The first-order chi connectivity index (χ1) is 9.37. The van der Waals surface area contributed by atoms with Gasteiger partial charge in [-0.05, 0) is 26.7 Å². The standard InChI is InChI=1S/C13H20N2O4S/c1-9-12(10(2)19-15-9)7-20(17,18)8-13(16)14-11-5-3-4-6-11/h11H,3-8H2,1-2H3,(H,14,16). The van der Waals surface area contributed by atoms with Gasteiger partial charge >= 0.3 is 0 Å². The van der Waals surface area contributed by atoms with E-state index < -0.39 is 21.5 Å². The smallest absolute Gasteiger partial charge is 0.235 e. The highest BCUT2D eigenvalue weighted by Crippen LogP contribution is 2.18. The Labute approximate surface area is 118 Å². The van der Waals surface area contributed by atoms with Crippen LogP contribution in [0.15, 0.2) is 4.52 Å². The zero-order valence-corrected chi connectivity index (χ0v) is 12.6. The SMILES string of the molecule is Cc1noc(C)c1CS(=O)(=O)CC(=O)NC1CCCC1. The molecule has 0 unspecified atom stereocenters. The van der Waals surface area contributed by atoms with Crippen molar-refractivity contribution in [3.05, 3.63) is 17.0 Å². The lowest BCUT2D eigenvalue weighted by molar-refractivity contribution is -0.119. The van der Waals surface area contributed by atoms with Crippen LogP contribution in [0.5, 0.6) is 0 Å². The molecule has 0 bridgehead atoms. The highest BCUT2D eigenvalue weighted by Gasteiger charge is 2.24. The van der Waals surface area contributed by atoms with E-state index in [9.17, 15) is 13.2 Å². The van der Waals surface area contributed by atoms with Crippen molar-refractivity contribution < 1.29 is 17.7 Å². The Morgan fingerprint density at radius 3 is 2.55 bits per heavy atom. The van der Waals surface area contributed by atoms with Gasteiger partial charge in [0.1, 0.15) is 11.5 Å². The van der Waals surface area contributed by atoms with E-state index in [2.05, 4.69) is 10.5 Å². The van der Waals surface area contributed by atoms with Crippen molar-refractivity contribution in [2.75, 3.05) is 5.75 Å². The second kappa shape index (κ2) is 5.95. The van der Waals surface area contributed by atoms with Crippen molar-refractivity contribution in [2.24, 2.45) is 0 Å². The van der Waals surface area contributed by atoms with Crippen LogP contribution in [0.4, 0.5) is 0 Å². The fourth-order valence-corrected chi connectivity index (χ4v) is 3.95. The molecule has 112 valence electrons. The number of carbonyl (C=O) groups excluding carboxylic acids is 1. The largest absolute Gasteiger partial charge is 0.361 e. The summed E-state index contributed by atoms with van der Waals surface area (Å²) in [6.45, 7) is 3.36. The van der Waals surface area contributed by atoms with Crippen LogP contribution >= 0.6 is 0 Å². The maximum absolute atomic E-state index is 12.1. The first-order valence-electron chi connectivity index (χ1n) is 6.79. The lowest BCUT2D eigenvalue weighted by Gasteiger charge is -2.11. The summed E-state index contributed by atoms with van der Waals surface area (Å²) in [5.74, 6) is -0.606. The van der Waals surface area contributed by atoms with Crippen molar-refractivity contribution in [2.45, 2.75) is 51.3 Å². The van der Waals surface area contributed by atoms with Gasteiger partial charge in [0, 0.05) is 11.6 Å². The van der Waals surface area contributed by atoms with Gasteiger partial charge in [0.05, 0.1) is 11.4 Å². The molecule has 20 heavy (non-hydrogen) atoms. The zero-order valence-electron chi connectivity index (χ0n) is 11.8. The van der Waals surface area contributed by atoms with Crippen molar-refractivity contribution in [3.8, 4) is 0 Å². The van der Waals surface area contributed by atoms with E-state index in [1.54, 1.807) is 13.8 Å². The molecule has 0 atom stereocenters. The second-order valence-electron chi connectivity index (χ2n) is 5.38. The normalized spacial score (nSPS) is 16.5. The quantitative estimate of drug-likeness (QED) is 0.884. The molecule has 1 aliphatic carbocycles. The van der Waals surface area contributed by atoms with Crippen LogP contribution in [0.3, 0.4) is 0 Å². The molecular weight excluding hydrogens is 280 g/mol. The van der Waals surface area contributed by atoms with Crippen LogP contribution in [-0.4, -0.2) is 31.3 Å². The highest BCUT2D eigenvalue weighted by molar-refractivity contribution is 7.91. The van der Waals surface area contributed by atoms with E-state index in [1.807, 2.05) is 0 Å². The van der Waals surface area contributed by atoms with Crippen molar-refractivity contribution in [1.82, 2.24) is 10.5 Å². The molecule has 1 amide bonds. The Morgan fingerprint density at radius 1 is 1.35 bits per heavy atom. The molecule has 6 nitrogen and oxygen atoms in total. The summed E-state index contributed by atoms with van der Waals surface area (Å²) in [6.07, 6.45) is 4.07. The van der Waals surface area contributed by atoms with Gasteiger partial charge in [-0.25, -0.2) is 8.42 Å². The first-order valence-corrected chi connectivity index (χ1v) is 8.61. The predicted molar refractivity (Wildman–Crippen MR) is 73.9 cm³/mol. The van der Waals surface area contributed by atoms with Crippen LogP contribution in [0.2, 0.25) is 0 Å². The summed E-state index contributed by atoms with van der Waals surface area (Å²) < 4.78 is 29.1. The molecule has 1 fully saturated rings. The minimum absolute atomic E-state index is 0.136. The first kappa shape index (κ1) is 15.0. The number of rotatable bonds is 5. The molecule has 0 aliphatic heterocycles. The fraction of sp³-hybridized carbons (Fsp3) is 0.692. The molecule has 1 N–H and O–H groups in total. The third-order valence-corrected chi connectivity index (χ3v) is 5.05. The van der Waals surface area contributed by atoms with E-state index in [1.165, 1.54) is 0 Å². The van der Waals surface area contributed by atoms with Crippen molar-refractivity contribution >= 4 is 15.7 Å². The second-order valence-corrected chi connectivity index (χ2v) is 7.45. The molecule has 1 saturated carbocycles. The number of aryl methyl sites for hydroxylation is 2. The Balaban J connectivity index is 1.95. The van der Waals surface area contributed by atoms with Gasteiger partial charge in [-0.3, -0.25) is 4.79 Å². The maximum Gasteiger partial charge on any atom is 0.235 e. The summed E-state index contributed by atoms with van der Waals surface area (Å²) in [7, 11) is -3.50.